The van der Waals surface area contributed by atoms with Gasteiger partial charge in [0.15, 0.2) is 0 Å². The van der Waals surface area contributed by atoms with Gasteiger partial charge in [0.1, 0.15) is 11.2 Å². The summed E-state index contributed by atoms with van der Waals surface area (Å²) in [6.45, 7) is 0. The highest BCUT2D eigenvalue weighted by atomic mass is 32.1. The van der Waals surface area contributed by atoms with Gasteiger partial charge in [0.05, 0.1) is 28.1 Å². The molecule has 0 radical (unpaired) electrons. The summed E-state index contributed by atoms with van der Waals surface area (Å²) < 4.78 is 12.0. The molecular weight excluding hydrogens is 773 g/mol. The summed E-state index contributed by atoms with van der Waals surface area (Å²) in [5.41, 5.74) is 13.0. The van der Waals surface area contributed by atoms with E-state index in [1.165, 1.54) is 58.5 Å². The largest absolute Gasteiger partial charge is 0.455 e. The molecule has 0 saturated carbocycles. The molecule has 0 aliphatic rings. The zero-order valence-corrected chi connectivity index (χ0v) is 34.3. The molecule has 0 N–H and O–H groups in total. The summed E-state index contributed by atoms with van der Waals surface area (Å²) in [6.07, 6.45) is 0. The van der Waals surface area contributed by atoms with Gasteiger partial charge in [0, 0.05) is 63.9 Å². The molecule has 0 amide bonds. The van der Waals surface area contributed by atoms with Crippen LogP contribution in [0.3, 0.4) is 0 Å². The molecule has 0 atom stereocenters. The number of benzene rings is 10. The normalized spacial score (nSPS) is 11.9. The average Bonchev–Trinajstić information content (AvgIpc) is 4.02. The number of para-hydroxylation sites is 6. The molecule has 0 unspecified atom stereocenters. The zero-order valence-electron chi connectivity index (χ0n) is 33.5. The van der Waals surface area contributed by atoms with E-state index >= 15 is 0 Å². The highest BCUT2D eigenvalue weighted by Crippen LogP contribution is 2.48. The number of thiophene rings is 1. The maximum absolute atomic E-state index is 6.98. The van der Waals surface area contributed by atoms with E-state index in [2.05, 4.69) is 228 Å². The molecule has 3 heterocycles. The number of aromatic nitrogens is 1. The van der Waals surface area contributed by atoms with Crippen molar-refractivity contribution >= 4 is 103 Å². The fourth-order valence-corrected chi connectivity index (χ4v) is 11.1. The Balaban J connectivity index is 1.06. The molecule has 0 fully saturated rings. The minimum absolute atomic E-state index is 0.883. The number of fused-ring (bicyclic) bond motifs is 11. The number of nitrogens with zero attached hydrogens (tertiary/aromatic N) is 2. The molecule has 3 nitrogen and oxygen atoms in total. The topological polar surface area (TPSA) is 21.3 Å². The molecule has 0 spiro atoms. The van der Waals surface area contributed by atoms with Crippen molar-refractivity contribution in [2.75, 3.05) is 4.90 Å². The second-order valence-corrected chi connectivity index (χ2v) is 17.0. The molecule has 10 aromatic carbocycles. The molecule has 4 heteroatoms. The summed E-state index contributed by atoms with van der Waals surface area (Å²) in [5, 5.41) is 9.58. The van der Waals surface area contributed by atoms with Gasteiger partial charge in [-0.05, 0) is 71.1 Å². The van der Waals surface area contributed by atoms with Gasteiger partial charge in [-0.15, -0.1) is 11.3 Å². The Morgan fingerprint density at radius 3 is 1.76 bits per heavy atom. The SMILES string of the molecule is c1ccc(N(c2ccc(-c3cccc4c3sc3ccccc34)cc2)c2ccccc2-n2c3ccccc3c3ccccc32)c(-c2cccc3c2oc2c4ccccc4ccc32)c1. The summed E-state index contributed by atoms with van der Waals surface area (Å²) in [6, 6.07) is 79.1. The van der Waals surface area contributed by atoms with Gasteiger partial charge in [-0.2, -0.15) is 0 Å². The van der Waals surface area contributed by atoms with Gasteiger partial charge in [-0.1, -0.05) is 164 Å². The van der Waals surface area contributed by atoms with Gasteiger partial charge in [-0.3, -0.25) is 0 Å². The number of hydrogen-bond donors (Lipinski definition) is 0. The minimum atomic E-state index is 0.883. The van der Waals surface area contributed by atoms with Crippen LogP contribution in [-0.2, 0) is 0 Å². The van der Waals surface area contributed by atoms with Crippen molar-refractivity contribution in [2.45, 2.75) is 0 Å². The highest BCUT2D eigenvalue weighted by molar-refractivity contribution is 7.26. The summed E-state index contributed by atoms with van der Waals surface area (Å²) in [5.74, 6) is 0. The maximum Gasteiger partial charge on any atom is 0.143 e. The first-order valence-corrected chi connectivity index (χ1v) is 21.9. The van der Waals surface area contributed by atoms with Crippen LogP contribution < -0.4 is 4.90 Å². The zero-order chi connectivity index (χ0) is 40.7. The first-order chi connectivity index (χ1) is 30.8. The van der Waals surface area contributed by atoms with E-state index in [-0.39, 0.29) is 0 Å². The summed E-state index contributed by atoms with van der Waals surface area (Å²) >= 11 is 1.87. The Bertz CT molecular complexity index is 3830. The van der Waals surface area contributed by atoms with Gasteiger partial charge in [0.2, 0.25) is 0 Å². The van der Waals surface area contributed by atoms with Gasteiger partial charge < -0.3 is 13.9 Å². The summed E-state index contributed by atoms with van der Waals surface area (Å²) in [4.78, 5) is 2.44. The van der Waals surface area contributed by atoms with Crippen molar-refractivity contribution in [3.05, 3.63) is 218 Å². The molecule has 0 saturated heterocycles. The predicted molar refractivity (Wildman–Crippen MR) is 264 cm³/mol. The molecule has 3 aromatic heterocycles. The quantitative estimate of drug-likeness (QED) is 0.167. The van der Waals surface area contributed by atoms with Crippen molar-refractivity contribution in [1.29, 1.82) is 0 Å². The van der Waals surface area contributed by atoms with Crippen LogP contribution in [0.2, 0.25) is 0 Å². The third-order valence-corrected chi connectivity index (χ3v) is 13.8. The standard InChI is InChI=1S/C58H36N2OS/c1-2-16-40-37(15-1)33-36-48-47-23-14-22-46(57(47)61-56(40)48)44-19-5-7-25-50(44)59(39-34-31-38(32-35-39)41-21-13-24-49-45-20-6-12-30-55(45)62-58(41)49)53-28-10-11-29-54(53)60-51-26-8-3-17-42(51)43-18-4-9-27-52(43)60/h1-36H. The highest BCUT2D eigenvalue weighted by Gasteiger charge is 2.24. The lowest BCUT2D eigenvalue weighted by Crippen LogP contribution is -2.14. The molecule has 290 valence electrons. The van der Waals surface area contributed by atoms with E-state index in [0.29, 0.717) is 0 Å². The molecule has 13 aromatic rings. The van der Waals surface area contributed by atoms with E-state index in [0.717, 1.165) is 61.2 Å². The van der Waals surface area contributed by atoms with Crippen LogP contribution in [0, 0.1) is 0 Å². The lowest BCUT2D eigenvalue weighted by Gasteiger charge is -2.30. The Labute approximate surface area is 361 Å². The fourth-order valence-electron chi connectivity index (χ4n) is 9.83. The summed E-state index contributed by atoms with van der Waals surface area (Å²) in [7, 11) is 0. The molecule has 13 rings (SSSR count). The van der Waals surface area contributed by atoms with Gasteiger partial charge in [0.25, 0.3) is 0 Å². The van der Waals surface area contributed by atoms with Crippen molar-refractivity contribution in [2.24, 2.45) is 0 Å². The smallest absolute Gasteiger partial charge is 0.143 e. The lowest BCUT2D eigenvalue weighted by molar-refractivity contribution is 0.674. The number of furan rings is 1. The molecular formula is C58H36N2OS. The van der Waals surface area contributed by atoms with E-state index in [4.69, 9.17) is 4.42 Å². The Kier molecular flexibility index (Phi) is 7.78. The minimum Gasteiger partial charge on any atom is -0.455 e. The van der Waals surface area contributed by atoms with Crippen molar-refractivity contribution in [1.82, 2.24) is 4.57 Å². The van der Waals surface area contributed by atoms with E-state index in [1.54, 1.807) is 0 Å². The predicted octanol–water partition coefficient (Wildman–Crippen LogP) is 17.0. The van der Waals surface area contributed by atoms with Crippen molar-refractivity contribution < 1.29 is 4.42 Å². The third kappa shape index (κ3) is 5.24. The van der Waals surface area contributed by atoms with Crippen LogP contribution in [0.25, 0.3) is 103 Å². The second kappa shape index (κ2) is 13.8. The number of rotatable bonds is 6. The number of hydrogen-bond acceptors (Lipinski definition) is 3. The van der Waals surface area contributed by atoms with Crippen LogP contribution >= 0.6 is 11.3 Å². The third-order valence-electron chi connectivity index (χ3n) is 12.6. The average molecular weight is 809 g/mol. The van der Waals surface area contributed by atoms with Crippen LogP contribution in [0.1, 0.15) is 0 Å². The van der Waals surface area contributed by atoms with E-state index in [9.17, 15) is 0 Å². The maximum atomic E-state index is 6.98. The number of anilines is 3. The lowest BCUT2D eigenvalue weighted by atomic mass is 9.98. The Morgan fingerprint density at radius 1 is 0.371 bits per heavy atom. The van der Waals surface area contributed by atoms with E-state index in [1.807, 2.05) is 11.3 Å². The molecule has 62 heavy (non-hydrogen) atoms. The van der Waals surface area contributed by atoms with Crippen LogP contribution in [0.15, 0.2) is 223 Å². The van der Waals surface area contributed by atoms with Crippen LogP contribution in [0.5, 0.6) is 0 Å². The van der Waals surface area contributed by atoms with Gasteiger partial charge >= 0.3 is 0 Å². The van der Waals surface area contributed by atoms with Crippen LogP contribution in [0.4, 0.5) is 17.1 Å². The Hall–Kier alpha value is -7.92. The molecule has 0 aliphatic carbocycles. The van der Waals surface area contributed by atoms with Crippen molar-refractivity contribution in [3.8, 4) is 27.9 Å². The fraction of sp³-hybridized carbons (Fsp3) is 0. The first kappa shape index (κ1) is 34.9. The van der Waals surface area contributed by atoms with Gasteiger partial charge in [-0.25, -0.2) is 0 Å². The molecule has 0 aliphatic heterocycles. The monoisotopic (exact) mass is 808 g/mol. The Morgan fingerprint density at radius 2 is 0.952 bits per heavy atom. The first-order valence-electron chi connectivity index (χ1n) is 21.1. The second-order valence-electron chi connectivity index (χ2n) is 16.0. The van der Waals surface area contributed by atoms with Crippen molar-refractivity contribution in [3.63, 3.8) is 0 Å². The molecule has 0 bridgehead atoms. The van der Waals surface area contributed by atoms with Crippen LogP contribution in [-0.4, -0.2) is 4.57 Å². The van der Waals surface area contributed by atoms with E-state index < -0.39 is 0 Å².